The van der Waals surface area contributed by atoms with Gasteiger partial charge in [0.2, 0.25) is 0 Å². The maximum Gasteiger partial charge on any atom is 0.269 e. The second kappa shape index (κ2) is 5.54. The summed E-state index contributed by atoms with van der Waals surface area (Å²) < 4.78 is 2.25. The van der Waals surface area contributed by atoms with Crippen LogP contribution in [0.2, 0.25) is 0 Å². The summed E-state index contributed by atoms with van der Waals surface area (Å²) >= 11 is 1.65. The average Bonchev–Trinajstić information content (AvgIpc) is 2.99. The van der Waals surface area contributed by atoms with Crippen molar-refractivity contribution >= 4 is 43.0 Å². The molecule has 0 unspecified atom stereocenters. The van der Waals surface area contributed by atoms with E-state index in [2.05, 4.69) is 12.1 Å². The first-order valence-corrected chi connectivity index (χ1v) is 8.15. The molecule has 0 saturated carbocycles. The zero-order chi connectivity index (χ0) is 16.7. The molecule has 0 aliphatic carbocycles. The molecular weight excluding hydrogens is 322 g/mol. The summed E-state index contributed by atoms with van der Waals surface area (Å²) in [7, 11) is 0. The number of hydrogen-bond acceptors (Lipinski definition) is 4. The summed E-state index contributed by atoms with van der Waals surface area (Å²) in [6, 6.07) is 19.5. The summed E-state index contributed by atoms with van der Waals surface area (Å²) in [5.74, 6) is -0.135. The predicted molar refractivity (Wildman–Crippen MR) is 95.9 cm³/mol. The molecule has 0 radical (unpaired) electrons. The average molecular weight is 333 g/mol. The number of nitro benzene ring substituents is 1. The molecule has 0 aliphatic rings. The Labute approximate surface area is 141 Å². The van der Waals surface area contributed by atoms with Crippen LogP contribution >= 0.6 is 11.3 Å². The number of ketones is 1. The van der Waals surface area contributed by atoms with Crippen LogP contribution in [-0.4, -0.2) is 10.7 Å². The van der Waals surface area contributed by atoms with Gasteiger partial charge >= 0.3 is 0 Å². The lowest BCUT2D eigenvalue weighted by Crippen LogP contribution is -2.01. The minimum absolute atomic E-state index is 0.0218. The minimum atomic E-state index is -0.475. The Balaban J connectivity index is 1.76. The zero-order valence-electron chi connectivity index (χ0n) is 12.4. The summed E-state index contributed by atoms with van der Waals surface area (Å²) in [4.78, 5) is 22.9. The van der Waals surface area contributed by atoms with Gasteiger partial charge in [-0.1, -0.05) is 30.3 Å². The van der Waals surface area contributed by atoms with E-state index in [0.29, 0.717) is 11.1 Å². The molecule has 4 rings (SSSR count). The van der Waals surface area contributed by atoms with Gasteiger partial charge in [0.15, 0.2) is 5.78 Å². The van der Waals surface area contributed by atoms with Crippen molar-refractivity contribution in [2.24, 2.45) is 0 Å². The van der Waals surface area contributed by atoms with Gasteiger partial charge in [0.1, 0.15) is 0 Å². The Hall–Kier alpha value is -3.05. The lowest BCUT2D eigenvalue weighted by atomic mass is 10.0. The van der Waals surface area contributed by atoms with Crippen LogP contribution in [0.1, 0.15) is 15.9 Å². The molecule has 0 saturated heterocycles. The number of fused-ring (bicyclic) bond motifs is 3. The van der Waals surface area contributed by atoms with E-state index in [9.17, 15) is 14.9 Å². The molecule has 3 aromatic carbocycles. The fourth-order valence-electron chi connectivity index (χ4n) is 2.77. The lowest BCUT2D eigenvalue weighted by Gasteiger charge is -2.02. The second-order valence-corrected chi connectivity index (χ2v) is 6.53. The molecule has 0 amide bonds. The highest BCUT2D eigenvalue weighted by molar-refractivity contribution is 7.25. The molecule has 5 heteroatoms. The molecule has 0 atom stereocenters. The molecule has 1 aromatic heterocycles. The molecule has 0 fully saturated rings. The van der Waals surface area contributed by atoms with Crippen LogP contribution in [0, 0.1) is 10.1 Å². The lowest BCUT2D eigenvalue weighted by molar-refractivity contribution is -0.384. The number of carbonyl (C=O) groups is 1. The Bertz CT molecular complexity index is 1100. The molecule has 4 nitrogen and oxygen atoms in total. The predicted octanol–water partition coefficient (Wildman–Crippen LogP) is 5.19. The van der Waals surface area contributed by atoms with Crippen LogP contribution in [0.15, 0.2) is 66.7 Å². The van der Waals surface area contributed by atoms with Crippen LogP contribution in [0.25, 0.3) is 20.2 Å². The monoisotopic (exact) mass is 333 g/mol. The van der Waals surface area contributed by atoms with E-state index in [0.717, 1.165) is 10.1 Å². The van der Waals surface area contributed by atoms with E-state index < -0.39 is 4.92 Å². The van der Waals surface area contributed by atoms with Crippen LogP contribution in [0.4, 0.5) is 5.69 Å². The molecule has 0 bridgehead atoms. The highest BCUT2D eigenvalue weighted by atomic mass is 32.1. The van der Waals surface area contributed by atoms with Crippen molar-refractivity contribution in [1.82, 2.24) is 0 Å². The molecular formula is C19H11NO3S. The first kappa shape index (κ1) is 14.5. The molecule has 0 N–H and O–H groups in total. The number of nitrogens with zero attached hydrogens (tertiary/aromatic N) is 1. The number of thiophene rings is 1. The molecule has 0 spiro atoms. The van der Waals surface area contributed by atoms with Crippen LogP contribution in [-0.2, 0) is 0 Å². The van der Waals surface area contributed by atoms with Crippen molar-refractivity contribution in [3.8, 4) is 0 Å². The molecule has 0 aliphatic heterocycles. The maximum atomic E-state index is 12.6. The van der Waals surface area contributed by atoms with E-state index in [1.165, 1.54) is 34.4 Å². The summed E-state index contributed by atoms with van der Waals surface area (Å²) in [6.45, 7) is 0. The zero-order valence-corrected chi connectivity index (χ0v) is 13.2. The number of hydrogen-bond donors (Lipinski definition) is 0. The van der Waals surface area contributed by atoms with E-state index in [-0.39, 0.29) is 11.5 Å². The van der Waals surface area contributed by atoms with Gasteiger partial charge < -0.3 is 0 Å². The smallest absolute Gasteiger partial charge is 0.269 e. The molecule has 116 valence electrons. The first-order chi connectivity index (χ1) is 11.6. The number of carbonyl (C=O) groups excluding carboxylic acids is 1. The van der Waals surface area contributed by atoms with Crippen molar-refractivity contribution in [2.45, 2.75) is 0 Å². The summed E-state index contributed by atoms with van der Waals surface area (Å²) in [5, 5.41) is 13.0. The van der Waals surface area contributed by atoms with E-state index in [4.69, 9.17) is 0 Å². The van der Waals surface area contributed by atoms with Crippen molar-refractivity contribution in [3.05, 3.63) is 88.0 Å². The topological polar surface area (TPSA) is 60.2 Å². The van der Waals surface area contributed by atoms with E-state index in [1.807, 2.05) is 30.3 Å². The highest BCUT2D eigenvalue weighted by Gasteiger charge is 2.13. The Kier molecular flexibility index (Phi) is 3.36. The standard InChI is InChI=1S/C19H11NO3S/c21-19(12-5-8-14(9-6-12)20(22)23)13-7-10-16-15-3-1-2-4-17(15)24-18(16)11-13/h1-11H. The summed E-state index contributed by atoms with van der Waals surface area (Å²) in [6.07, 6.45) is 0. The first-order valence-electron chi connectivity index (χ1n) is 7.34. The Morgan fingerprint density at radius 1 is 0.833 bits per heavy atom. The fourth-order valence-corrected chi connectivity index (χ4v) is 3.91. The third-order valence-electron chi connectivity index (χ3n) is 3.98. The maximum absolute atomic E-state index is 12.6. The number of rotatable bonds is 3. The highest BCUT2D eigenvalue weighted by Crippen LogP contribution is 2.34. The largest absolute Gasteiger partial charge is 0.289 e. The minimum Gasteiger partial charge on any atom is -0.289 e. The van der Waals surface area contributed by atoms with Gasteiger partial charge in [-0.25, -0.2) is 0 Å². The molecule has 4 aromatic rings. The second-order valence-electron chi connectivity index (χ2n) is 5.44. The Morgan fingerprint density at radius 2 is 1.50 bits per heavy atom. The van der Waals surface area contributed by atoms with Gasteiger partial charge in [0, 0.05) is 43.4 Å². The third-order valence-corrected chi connectivity index (χ3v) is 5.11. The normalized spacial score (nSPS) is 11.0. The van der Waals surface area contributed by atoms with Gasteiger partial charge in [-0.3, -0.25) is 14.9 Å². The quantitative estimate of drug-likeness (QED) is 0.294. The van der Waals surface area contributed by atoms with Gasteiger partial charge in [-0.2, -0.15) is 0 Å². The van der Waals surface area contributed by atoms with Crippen LogP contribution in [0.5, 0.6) is 0 Å². The van der Waals surface area contributed by atoms with Gasteiger partial charge in [-0.05, 0) is 24.3 Å². The van der Waals surface area contributed by atoms with Crippen molar-refractivity contribution in [2.75, 3.05) is 0 Å². The van der Waals surface area contributed by atoms with Crippen LogP contribution in [0.3, 0.4) is 0 Å². The van der Waals surface area contributed by atoms with E-state index in [1.54, 1.807) is 11.3 Å². The fraction of sp³-hybridized carbons (Fsp3) is 0. The van der Waals surface area contributed by atoms with E-state index >= 15 is 0 Å². The van der Waals surface area contributed by atoms with Crippen molar-refractivity contribution in [3.63, 3.8) is 0 Å². The van der Waals surface area contributed by atoms with Gasteiger partial charge in [0.25, 0.3) is 5.69 Å². The molecule has 1 heterocycles. The van der Waals surface area contributed by atoms with Crippen molar-refractivity contribution < 1.29 is 9.72 Å². The third kappa shape index (κ3) is 2.35. The van der Waals surface area contributed by atoms with Crippen molar-refractivity contribution in [1.29, 1.82) is 0 Å². The Morgan fingerprint density at radius 3 is 2.25 bits per heavy atom. The number of non-ortho nitro benzene ring substituents is 1. The van der Waals surface area contributed by atoms with Gasteiger partial charge in [-0.15, -0.1) is 11.3 Å². The SMILES string of the molecule is O=C(c1ccc([N+](=O)[O-])cc1)c1ccc2c(c1)sc1ccccc12. The molecule has 24 heavy (non-hydrogen) atoms. The number of nitro groups is 1. The summed E-state index contributed by atoms with van der Waals surface area (Å²) in [5.41, 5.74) is 1.01. The number of benzene rings is 3. The van der Waals surface area contributed by atoms with Crippen LogP contribution < -0.4 is 0 Å². The van der Waals surface area contributed by atoms with Gasteiger partial charge in [0.05, 0.1) is 4.92 Å².